The molecular formula is C24H28ClNO3. The second-order valence-electron chi connectivity index (χ2n) is 7.21. The fourth-order valence-electron chi connectivity index (χ4n) is 3.69. The van der Waals surface area contributed by atoms with Gasteiger partial charge in [0, 0.05) is 36.6 Å². The maximum atomic E-state index is 5.94. The summed E-state index contributed by atoms with van der Waals surface area (Å²) in [6.07, 6.45) is 0. The van der Waals surface area contributed by atoms with E-state index in [2.05, 4.69) is 31.3 Å². The molecule has 2 aromatic carbocycles. The van der Waals surface area contributed by atoms with Crippen LogP contribution in [0.3, 0.4) is 0 Å². The first kappa shape index (κ1) is 21.4. The lowest BCUT2D eigenvalue weighted by Crippen LogP contribution is -2.28. The topological polar surface area (TPSA) is 39.7 Å². The summed E-state index contributed by atoms with van der Waals surface area (Å²) in [5, 5.41) is 4.20. The monoisotopic (exact) mass is 413 g/mol. The first-order valence-corrected chi connectivity index (χ1v) is 10.0. The zero-order valence-electron chi connectivity index (χ0n) is 17.4. The minimum Gasteiger partial charge on any atom is -0.489 e. The van der Waals surface area contributed by atoms with Crippen LogP contribution >= 0.6 is 11.6 Å². The van der Waals surface area contributed by atoms with Crippen molar-refractivity contribution in [3.05, 3.63) is 87.2 Å². The first-order chi connectivity index (χ1) is 14.0. The van der Waals surface area contributed by atoms with Crippen molar-refractivity contribution >= 4 is 11.6 Å². The number of ether oxygens (including phenoxy) is 3. The highest BCUT2D eigenvalue weighted by molar-refractivity contribution is 6.30. The van der Waals surface area contributed by atoms with Crippen LogP contribution in [-0.2, 0) is 16.1 Å². The van der Waals surface area contributed by atoms with Gasteiger partial charge >= 0.3 is 0 Å². The molecule has 0 saturated carbocycles. The van der Waals surface area contributed by atoms with E-state index >= 15 is 0 Å². The Morgan fingerprint density at radius 1 is 0.793 bits per heavy atom. The summed E-state index contributed by atoms with van der Waals surface area (Å²) < 4.78 is 16.9. The van der Waals surface area contributed by atoms with Gasteiger partial charge in [0.05, 0.1) is 13.2 Å². The summed E-state index contributed by atoms with van der Waals surface area (Å²) in [6.45, 7) is 5.83. The van der Waals surface area contributed by atoms with Gasteiger partial charge in [-0.1, -0.05) is 35.9 Å². The molecule has 3 rings (SSSR count). The molecule has 29 heavy (non-hydrogen) atoms. The zero-order valence-corrected chi connectivity index (χ0v) is 18.2. The second kappa shape index (κ2) is 9.97. The molecule has 0 aliphatic carbocycles. The van der Waals surface area contributed by atoms with Crippen molar-refractivity contribution in [1.82, 2.24) is 5.32 Å². The molecule has 2 aromatic rings. The Morgan fingerprint density at radius 2 is 1.34 bits per heavy atom. The fraction of sp³-hybridized carbons (Fsp3) is 0.333. The van der Waals surface area contributed by atoms with Gasteiger partial charge in [-0.3, -0.25) is 0 Å². The van der Waals surface area contributed by atoms with E-state index in [0.29, 0.717) is 19.8 Å². The molecule has 0 bridgehead atoms. The van der Waals surface area contributed by atoms with Crippen LogP contribution in [0.5, 0.6) is 5.75 Å². The number of nitrogens with one attached hydrogen (secondary N) is 1. The number of benzene rings is 2. The SMILES string of the molecule is COCC1=C(C)NC(C)=C(COC)C1c1ccc(OCc2ccc(Cl)cc2)cc1. The number of halogens is 1. The van der Waals surface area contributed by atoms with E-state index in [-0.39, 0.29) is 5.92 Å². The third-order valence-electron chi connectivity index (χ3n) is 5.17. The molecular weight excluding hydrogens is 386 g/mol. The van der Waals surface area contributed by atoms with Crippen LogP contribution in [0, 0.1) is 0 Å². The molecule has 0 amide bonds. The van der Waals surface area contributed by atoms with Crippen molar-refractivity contribution in [3.8, 4) is 5.75 Å². The molecule has 0 spiro atoms. The van der Waals surface area contributed by atoms with Crippen LogP contribution in [-0.4, -0.2) is 27.4 Å². The summed E-state index contributed by atoms with van der Waals surface area (Å²) in [7, 11) is 3.46. The summed E-state index contributed by atoms with van der Waals surface area (Å²) in [5.74, 6) is 0.960. The lowest BCUT2D eigenvalue weighted by atomic mass is 9.81. The zero-order chi connectivity index (χ0) is 20.8. The maximum absolute atomic E-state index is 5.94. The molecule has 5 heteroatoms. The van der Waals surface area contributed by atoms with Crippen molar-refractivity contribution in [2.45, 2.75) is 26.4 Å². The Morgan fingerprint density at radius 3 is 1.86 bits per heavy atom. The van der Waals surface area contributed by atoms with Crippen molar-refractivity contribution in [1.29, 1.82) is 0 Å². The van der Waals surface area contributed by atoms with Gasteiger partial charge in [0.2, 0.25) is 0 Å². The second-order valence-corrected chi connectivity index (χ2v) is 7.65. The summed E-state index contributed by atoms with van der Waals surface area (Å²) in [4.78, 5) is 0. The van der Waals surface area contributed by atoms with Crippen LogP contribution in [0.2, 0.25) is 5.02 Å². The quantitative estimate of drug-likeness (QED) is 0.624. The molecule has 0 radical (unpaired) electrons. The highest BCUT2D eigenvalue weighted by atomic mass is 35.5. The molecule has 1 aliphatic rings. The van der Waals surface area contributed by atoms with E-state index in [4.69, 9.17) is 25.8 Å². The molecule has 0 saturated heterocycles. The van der Waals surface area contributed by atoms with Crippen LogP contribution in [0.1, 0.15) is 30.9 Å². The molecule has 1 aliphatic heterocycles. The number of dihydropyridines is 1. The fourth-order valence-corrected chi connectivity index (χ4v) is 3.81. The number of hydrogen-bond acceptors (Lipinski definition) is 4. The largest absolute Gasteiger partial charge is 0.489 e. The average Bonchev–Trinajstić information content (AvgIpc) is 2.72. The molecule has 1 heterocycles. The molecule has 4 nitrogen and oxygen atoms in total. The van der Waals surface area contributed by atoms with Crippen LogP contribution in [0.15, 0.2) is 71.1 Å². The maximum Gasteiger partial charge on any atom is 0.119 e. The number of allylic oxidation sites excluding steroid dienone is 2. The summed E-state index contributed by atoms with van der Waals surface area (Å²) in [6, 6.07) is 16.0. The Balaban J connectivity index is 1.81. The Hall–Kier alpha value is -2.27. The van der Waals surface area contributed by atoms with Crippen molar-refractivity contribution < 1.29 is 14.2 Å². The first-order valence-electron chi connectivity index (χ1n) is 9.65. The van der Waals surface area contributed by atoms with Gasteiger partial charge in [-0.15, -0.1) is 0 Å². The molecule has 0 fully saturated rings. The number of hydrogen-bond donors (Lipinski definition) is 1. The van der Waals surface area contributed by atoms with Crippen LogP contribution < -0.4 is 10.1 Å². The van der Waals surface area contributed by atoms with E-state index in [1.165, 1.54) is 16.7 Å². The molecule has 0 aromatic heterocycles. The van der Waals surface area contributed by atoms with E-state index in [9.17, 15) is 0 Å². The Kier molecular flexibility index (Phi) is 7.37. The Bertz CT molecular complexity index is 857. The molecule has 0 unspecified atom stereocenters. The third kappa shape index (κ3) is 5.21. The summed E-state index contributed by atoms with van der Waals surface area (Å²) >= 11 is 5.94. The van der Waals surface area contributed by atoms with E-state index in [1.54, 1.807) is 14.2 Å². The minimum atomic E-state index is 0.126. The van der Waals surface area contributed by atoms with Crippen LogP contribution in [0.25, 0.3) is 0 Å². The van der Waals surface area contributed by atoms with Gasteiger partial charge in [-0.25, -0.2) is 0 Å². The molecule has 154 valence electrons. The van der Waals surface area contributed by atoms with Crippen LogP contribution in [0.4, 0.5) is 0 Å². The standard InChI is InChI=1S/C24H28ClNO3/c1-16-22(14-27-3)24(23(15-28-4)17(2)26-16)19-7-11-21(12-8-19)29-13-18-5-9-20(25)10-6-18/h5-12,24,26H,13-15H2,1-4H3. The van der Waals surface area contributed by atoms with Crippen molar-refractivity contribution in [2.24, 2.45) is 0 Å². The highest BCUT2D eigenvalue weighted by Gasteiger charge is 2.28. The van der Waals surface area contributed by atoms with E-state index in [1.807, 2.05) is 36.4 Å². The number of rotatable bonds is 8. The van der Waals surface area contributed by atoms with Gasteiger partial charge < -0.3 is 19.5 Å². The third-order valence-corrected chi connectivity index (χ3v) is 5.42. The van der Waals surface area contributed by atoms with E-state index in [0.717, 1.165) is 27.7 Å². The lowest BCUT2D eigenvalue weighted by molar-refractivity contribution is 0.207. The predicted octanol–water partition coefficient (Wildman–Crippen LogP) is 5.45. The predicted molar refractivity (Wildman–Crippen MR) is 117 cm³/mol. The number of methoxy groups -OCH3 is 2. The summed E-state index contributed by atoms with van der Waals surface area (Å²) in [5.41, 5.74) is 7.00. The normalized spacial score (nSPS) is 14.9. The van der Waals surface area contributed by atoms with Gasteiger partial charge in [-0.2, -0.15) is 0 Å². The van der Waals surface area contributed by atoms with Gasteiger partial charge in [0.25, 0.3) is 0 Å². The molecule has 0 atom stereocenters. The highest BCUT2D eigenvalue weighted by Crippen LogP contribution is 2.38. The minimum absolute atomic E-state index is 0.126. The van der Waals surface area contributed by atoms with E-state index < -0.39 is 0 Å². The van der Waals surface area contributed by atoms with Gasteiger partial charge in [-0.05, 0) is 60.4 Å². The van der Waals surface area contributed by atoms with Crippen molar-refractivity contribution in [2.75, 3.05) is 27.4 Å². The lowest BCUT2D eigenvalue weighted by Gasteiger charge is -2.32. The average molecular weight is 414 g/mol. The Labute approximate surface area is 178 Å². The van der Waals surface area contributed by atoms with Crippen molar-refractivity contribution in [3.63, 3.8) is 0 Å². The van der Waals surface area contributed by atoms with Gasteiger partial charge in [0.1, 0.15) is 12.4 Å². The van der Waals surface area contributed by atoms with Gasteiger partial charge in [0.15, 0.2) is 0 Å². The molecule has 1 N–H and O–H groups in total. The smallest absolute Gasteiger partial charge is 0.119 e.